The van der Waals surface area contributed by atoms with Crippen LogP contribution in [-0.2, 0) is 9.59 Å². The zero-order valence-corrected chi connectivity index (χ0v) is 13.9. The molecule has 0 unspecified atom stereocenters. The Morgan fingerprint density at radius 2 is 1.84 bits per heavy atom. The van der Waals surface area contributed by atoms with Gasteiger partial charge in [0.1, 0.15) is 6.04 Å². The second kappa shape index (κ2) is 6.39. The molecule has 128 valence electrons. The number of imide groups is 1. The Kier molecular flexibility index (Phi) is 4.27. The predicted molar refractivity (Wildman–Crippen MR) is 91.2 cm³/mol. The van der Waals surface area contributed by atoms with Gasteiger partial charge in [0.15, 0.2) is 0 Å². The van der Waals surface area contributed by atoms with Crippen LogP contribution in [0.2, 0.25) is 0 Å². The maximum absolute atomic E-state index is 12.7. The number of carbonyl (C=O) groups is 3. The van der Waals surface area contributed by atoms with E-state index in [1.54, 1.807) is 25.1 Å². The highest BCUT2D eigenvalue weighted by molar-refractivity contribution is 6.23. The summed E-state index contributed by atoms with van der Waals surface area (Å²) in [4.78, 5) is 37.3. The van der Waals surface area contributed by atoms with Crippen LogP contribution in [0, 0.1) is 13.8 Å². The molecule has 3 rings (SSSR count). The third kappa shape index (κ3) is 3.10. The fourth-order valence-corrected chi connectivity index (χ4v) is 2.90. The second-order valence-corrected chi connectivity index (χ2v) is 6.07. The molecule has 1 atom stereocenters. The minimum atomic E-state index is -1.29. The molecular formula is C19H17N2O4-. The van der Waals surface area contributed by atoms with Crippen molar-refractivity contribution in [1.82, 2.24) is 0 Å². The lowest BCUT2D eigenvalue weighted by Crippen LogP contribution is -2.35. The lowest BCUT2D eigenvalue weighted by Gasteiger charge is -2.19. The Hall–Kier alpha value is -3.15. The first-order chi connectivity index (χ1) is 11.9. The molecule has 1 aliphatic heterocycles. The summed E-state index contributed by atoms with van der Waals surface area (Å²) in [6, 6.07) is 10.9. The van der Waals surface area contributed by atoms with Crippen molar-refractivity contribution < 1.29 is 19.5 Å². The molecule has 6 heteroatoms. The number of aryl methyl sites for hydroxylation is 2. The zero-order chi connectivity index (χ0) is 18.1. The second-order valence-electron chi connectivity index (χ2n) is 6.07. The number of aromatic carboxylic acids is 1. The minimum absolute atomic E-state index is 0.0145. The summed E-state index contributed by atoms with van der Waals surface area (Å²) in [6.07, 6.45) is 0.0160. The standard InChI is InChI=1S/C19H18N2O4/c1-11-7-8-13(19(24)25)9-14(11)20-15-10-17(22)21(18(15)23)16-6-4-3-5-12(16)2/h3-9,15,20H,10H2,1-2H3,(H,24,25)/p-1/t15-/m1/s1. The van der Waals surface area contributed by atoms with Gasteiger partial charge in [0.2, 0.25) is 5.91 Å². The number of carboxylic acid groups (broad SMARTS) is 1. The quantitative estimate of drug-likeness (QED) is 0.852. The van der Waals surface area contributed by atoms with E-state index in [4.69, 9.17) is 0 Å². The highest BCUT2D eigenvalue weighted by atomic mass is 16.4. The summed E-state index contributed by atoms with van der Waals surface area (Å²) in [6.45, 7) is 3.63. The molecule has 2 aromatic rings. The Morgan fingerprint density at radius 1 is 1.12 bits per heavy atom. The number of para-hydroxylation sites is 1. The van der Waals surface area contributed by atoms with E-state index in [1.807, 2.05) is 19.1 Å². The average Bonchev–Trinajstić information content (AvgIpc) is 2.84. The van der Waals surface area contributed by atoms with Gasteiger partial charge in [-0.1, -0.05) is 30.3 Å². The topological polar surface area (TPSA) is 89.5 Å². The van der Waals surface area contributed by atoms with Crippen molar-refractivity contribution in [2.75, 3.05) is 10.2 Å². The number of anilines is 2. The van der Waals surface area contributed by atoms with Crippen LogP contribution in [0.15, 0.2) is 42.5 Å². The monoisotopic (exact) mass is 337 g/mol. The molecule has 0 aliphatic carbocycles. The lowest BCUT2D eigenvalue weighted by molar-refractivity contribution is -0.255. The molecule has 0 radical (unpaired) electrons. The fourth-order valence-electron chi connectivity index (χ4n) is 2.90. The summed E-state index contributed by atoms with van der Waals surface area (Å²) >= 11 is 0. The summed E-state index contributed by atoms with van der Waals surface area (Å²) in [7, 11) is 0. The molecule has 0 saturated carbocycles. The molecule has 0 bridgehead atoms. The normalized spacial score (nSPS) is 17.0. The summed E-state index contributed by atoms with van der Waals surface area (Å²) in [5.41, 5.74) is 2.70. The van der Waals surface area contributed by atoms with Gasteiger partial charge in [0, 0.05) is 5.69 Å². The molecule has 2 amide bonds. The smallest absolute Gasteiger partial charge is 0.256 e. The van der Waals surface area contributed by atoms with Gasteiger partial charge in [-0.2, -0.15) is 0 Å². The van der Waals surface area contributed by atoms with E-state index in [0.717, 1.165) is 11.1 Å². The van der Waals surface area contributed by atoms with Crippen LogP contribution in [0.4, 0.5) is 11.4 Å². The maximum Gasteiger partial charge on any atom is 0.256 e. The molecule has 25 heavy (non-hydrogen) atoms. The zero-order valence-electron chi connectivity index (χ0n) is 13.9. The summed E-state index contributed by atoms with van der Waals surface area (Å²) in [5, 5.41) is 14.0. The van der Waals surface area contributed by atoms with Crippen LogP contribution < -0.4 is 15.3 Å². The number of amides is 2. The van der Waals surface area contributed by atoms with Crippen LogP contribution >= 0.6 is 0 Å². The molecular weight excluding hydrogens is 320 g/mol. The van der Waals surface area contributed by atoms with Crippen molar-refractivity contribution >= 4 is 29.2 Å². The Bertz CT molecular complexity index is 875. The summed E-state index contributed by atoms with van der Waals surface area (Å²) < 4.78 is 0. The predicted octanol–water partition coefficient (Wildman–Crippen LogP) is 1.41. The van der Waals surface area contributed by atoms with Gasteiger partial charge in [-0.05, 0) is 42.7 Å². The van der Waals surface area contributed by atoms with Crippen LogP contribution in [0.1, 0.15) is 27.9 Å². The molecule has 1 aliphatic rings. The third-order valence-corrected chi connectivity index (χ3v) is 4.31. The number of benzene rings is 2. The van der Waals surface area contributed by atoms with Gasteiger partial charge >= 0.3 is 0 Å². The van der Waals surface area contributed by atoms with Crippen LogP contribution in [0.5, 0.6) is 0 Å². The lowest BCUT2D eigenvalue weighted by atomic mass is 10.1. The summed E-state index contributed by atoms with van der Waals surface area (Å²) in [5.74, 6) is -1.93. The van der Waals surface area contributed by atoms with Gasteiger partial charge in [-0.25, -0.2) is 4.90 Å². The van der Waals surface area contributed by atoms with Crippen molar-refractivity contribution in [3.05, 3.63) is 59.2 Å². The number of rotatable bonds is 4. The Labute approximate surface area is 145 Å². The number of nitrogens with zero attached hydrogens (tertiary/aromatic N) is 1. The Morgan fingerprint density at radius 3 is 2.52 bits per heavy atom. The van der Waals surface area contributed by atoms with Gasteiger partial charge in [0.05, 0.1) is 18.1 Å². The first-order valence-electron chi connectivity index (χ1n) is 7.89. The fraction of sp³-hybridized carbons (Fsp3) is 0.211. The van der Waals surface area contributed by atoms with E-state index in [2.05, 4.69) is 5.32 Å². The molecule has 1 N–H and O–H groups in total. The van der Waals surface area contributed by atoms with Gasteiger partial charge in [-0.15, -0.1) is 0 Å². The van der Waals surface area contributed by atoms with E-state index in [0.29, 0.717) is 11.4 Å². The van der Waals surface area contributed by atoms with Crippen LogP contribution in [-0.4, -0.2) is 23.8 Å². The van der Waals surface area contributed by atoms with E-state index in [-0.39, 0.29) is 23.8 Å². The largest absolute Gasteiger partial charge is 0.545 e. The Balaban J connectivity index is 1.87. The number of hydrogen-bond donors (Lipinski definition) is 1. The SMILES string of the molecule is Cc1ccc(C(=O)[O-])cc1N[C@@H]1CC(=O)N(c2ccccc2C)C1=O. The minimum Gasteiger partial charge on any atom is -0.545 e. The highest BCUT2D eigenvalue weighted by Gasteiger charge is 2.40. The average molecular weight is 337 g/mol. The van der Waals surface area contributed by atoms with Crippen LogP contribution in [0.3, 0.4) is 0 Å². The maximum atomic E-state index is 12.7. The van der Waals surface area contributed by atoms with Gasteiger partial charge in [-0.3, -0.25) is 9.59 Å². The molecule has 0 spiro atoms. The molecule has 1 heterocycles. The number of nitrogens with one attached hydrogen (secondary N) is 1. The first-order valence-corrected chi connectivity index (χ1v) is 7.89. The number of hydrogen-bond acceptors (Lipinski definition) is 5. The molecule has 6 nitrogen and oxygen atoms in total. The molecule has 2 aromatic carbocycles. The third-order valence-electron chi connectivity index (χ3n) is 4.31. The van der Waals surface area contributed by atoms with Crippen molar-refractivity contribution in [3.63, 3.8) is 0 Å². The van der Waals surface area contributed by atoms with Crippen molar-refractivity contribution in [2.45, 2.75) is 26.3 Å². The highest BCUT2D eigenvalue weighted by Crippen LogP contribution is 2.28. The van der Waals surface area contributed by atoms with E-state index in [9.17, 15) is 19.5 Å². The molecule has 1 saturated heterocycles. The van der Waals surface area contributed by atoms with Crippen molar-refractivity contribution in [3.8, 4) is 0 Å². The number of carboxylic acids is 1. The molecule has 0 aromatic heterocycles. The number of carbonyl (C=O) groups excluding carboxylic acids is 3. The van der Waals surface area contributed by atoms with E-state index < -0.39 is 12.0 Å². The van der Waals surface area contributed by atoms with E-state index in [1.165, 1.54) is 17.0 Å². The van der Waals surface area contributed by atoms with Gasteiger partial charge < -0.3 is 15.2 Å². The molecule has 1 fully saturated rings. The van der Waals surface area contributed by atoms with Crippen molar-refractivity contribution in [1.29, 1.82) is 0 Å². The van der Waals surface area contributed by atoms with Crippen LogP contribution in [0.25, 0.3) is 0 Å². The first kappa shape index (κ1) is 16.7. The van der Waals surface area contributed by atoms with Gasteiger partial charge in [0.25, 0.3) is 5.91 Å². The van der Waals surface area contributed by atoms with Crippen molar-refractivity contribution in [2.24, 2.45) is 0 Å². The van der Waals surface area contributed by atoms with E-state index >= 15 is 0 Å².